The van der Waals surface area contributed by atoms with Crippen molar-refractivity contribution >= 4 is 11.8 Å². The fourth-order valence-corrected chi connectivity index (χ4v) is 4.79. The maximum absolute atomic E-state index is 13.1. The van der Waals surface area contributed by atoms with Gasteiger partial charge in [-0.15, -0.1) is 0 Å². The van der Waals surface area contributed by atoms with Crippen molar-refractivity contribution in [2.75, 3.05) is 13.1 Å². The third-order valence-corrected chi connectivity index (χ3v) is 6.23. The van der Waals surface area contributed by atoms with Crippen molar-refractivity contribution in [1.29, 1.82) is 0 Å². The van der Waals surface area contributed by atoms with Crippen molar-refractivity contribution in [2.45, 2.75) is 37.6 Å². The van der Waals surface area contributed by atoms with Crippen LogP contribution in [-0.2, 0) is 21.5 Å². The van der Waals surface area contributed by atoms with Crippen molar-refractivity contribution in [3.63, 3.8) is 0 Å². The van der Waals surface area contributed by atoms with E-state index >= 15 is 0 Å². The molecule has 2 aliphatic heterocycles. The van der Waals surface area contributed by atoms with Gasteiger partial charge in [0.2, 0.25) is 11.8 Å². The number of carbonyl (C=O) groups is 2. The van der Waals surface area contributed by atoms with Crippen LogP contribution in [0.3, 0.4) is 0 Å². The van der Waals surface area contributed by atoms with Gasteiger partial charge in [0.25, 0.3) is 0 Å². The van der Waals surface area contributed by atoms with Gasteiger partial charge in [0.1, 0.15) is 0 Å². The molecule has 2 amide bonds. The van der Waals surface area contributed by atoms with E-state index in [0.29, 0.717) is 12.8 Å². The molecule has 1 unspecified atom stereocenters. The average Bonchev–Trinajstić information content (AvgIpc) is 2.71. The standard InChI is InChI=1S/C23H26N2O2/c26-21-11-14-23(22(27)24-21,19-9-5-2-6-10-19)20-12-15-25(16-13-20)17-18-7-3-1-4-8-18/h1-10,20H,11-17H2,(H,24,26,27)/i17-1. The Morgan fingerprint density at radius 3 is 2.19 bits per heavy atom. The number of benzene rings is 2. The highest BCUT2D eigenvalue weighted by atomic mass is 16.2. The third-order valence-electron chi connectivity index (χ3n) is 6.23. The number of amides is 2. The number of likely N-dealkylation sites (tertiary alicyclic amines) is 1. The molecule has 2 heterocycles. The summed E-state index contributed by atoms with van der Waals surface area (Å²) in [5.41, 5.74) is 1.81. The van der Waals surface area contributed by atoms with Gasteiger partial charge in [-0.25, -0.2) is 0 Å². The smallest absolute Gasteiger partial charge is 0.237 e. The number of nitrogens with zero attached hydrogens (tertiary/aromatic N) is 1. The molecule has 2 saturated heterocycles. The maximum atomic E-state index is 13.1. The molecule has 1 atom stereocenters. The third kappa shape index (κ3) is 3.54. The molecular weight excluding hydrogens is 335 g/mol. The summed E-state index contributed by atoms with van der Waals surface area (Å²) in [6.07, 6.45) is 2.99. The van der Waals surface area contributed by atoms with Crippen LogP contribution in [0.2, 0.25) is 0 Å². The Kier molecular flexibility index (Phi) is 5.08. The molecule has 4 heteroatoms. The molecule has 140 valence electrons. The molecular formula is C23H26N2O2. The van der Waals surface area contributed by atoms with E-state index in [1.54, 1.807) is 0 Å². The minimum Gasteiger partial charge on any atom is -0.299 e. The van der Waals surface area contributed by atoms with Gasteiger partial charge >= 0.3 is 0 Å². The summed E-state index contributed by atoms with van der Waals surface area (Å²) in [6.45, 7) is 2.92. The van der Waals surface area contributed by atoms with Crippen molar-refractivity contribution in [2.24, 2.45) is 5.92 Å². The lowest BCUT2D eigenvalue weighted by Crippen LogP contribution is -2.57. The highest BCUT2D eigenvalue weighted by molar-refractivity contribution is 6.03. The summed E-state index contributed by atoms with van der Waals surface area (Å²) in [6, 6.07) is 20.6. The van der Waals surface area contributed by atoms with Crippen molar-refractivity contribution in [1.82, 2.24) is 10.2 Å². The molecule has 2 fully saturated rings. The zero-order valence-electron chi connectivity index (χ0n) is 15.6. The normalized spacial score (nSPS) is 24.6. The second-order valence-electron chi connectivity index (χ2n) is 7.75. The lowest BCUT2D eigenvalue weighted by Gasteiger charge is -2.45. The first-order valence-electron chi connectivity index (χ1n) is 9.84. The number of imide groups is 1. The van der Waals surface area contributed by atoms with Gasteiger partial charge in [0, 0.05) is 13.0 Å². The number of piperidine rings is 2. The molecule has 2 aromatic rings. The van der Waals surface area contributed by atoms with Crippen LogP contribution < -0.4 is 5.32 Å². The molecule has 4 nitrogen and oxygen atoms in total. The number of carbonyl (C=O) groups excluding carboxylic acids is 2. The van der Waals surface area contributed by atoms with Gasteiger partial charge < -0.3 is 0 Å². The number of nitrogens with one attached hydrogen (secondary N) is 1. The Balaban J connectivity index is 1.53. The van der Waals surface area contributed by atoms with Gasteiger partial charge in [-0.1, -0.05) is 60.7 Å². The van der Waals surface area contributed by atoms with E-state index in [1.807, 2.05) is 36.4 Å². The average molecular weight is 361 g/mol. The lowest BCUT2D eigenvalue weighted by atomic mass is 9.62. The van der Waals surface area contributed by atoms with E-state index < -0.39 is 5.41 Å². The Morgan fingerprint density at radius 2 is 1.56 bits per heavy atom. The zero-order valence-corrected chi connectivity index (χ0v) is 15.6. The van der Waals surface area contributed by atoms with Gasteiger partial charge in [0.15, 0.2) is 0 Å². The second kappa shape index (κ2) is 7.65. The molecule has 0 radical (unpaired) electrons. The predicted molar refractivity (Wildman–Crippen MR) is 105 cm³/mol. The zero-order chi connectivity index (χ0) is 18.7. The molecule has 0 bridgehead atoms. The summed E-state index contributed by atoms with van der Waals surface area (Å²) in [7, 11) is 0. The van der Waals surface area contributed by atoms with Crippen molar-refractivity contribution in [3.8, 4) is 0 Å². The molecule has 27 heavy (non-hydrogen) atoms. The summed E-state index contributed by atoms with van der Waals surface area (Å²) in [5.74, 6) is 0.0135. The van der Waals surface area contributed by atoms with Crippen molar-refractivity contribution in [3.05, 3.63) is 71.8 Å². The first-order valence-corrected chi connectivity index (χ1v) is 9.84. The summed E-state index contributed by atoms with van der Waals surface area (Å²) in [4.78, 5) is 27.3. The van der Waals surface area contributed by atoms with Crippen LogP contribution in [0.4, 0.5) is 0 Å². The first kappa shape index (κ1) is 17.9. The minimum absolute atomic E-state index is 0.105. The van der Waals surface area contributed by atoms with E-state index in [4.69, 9.17) is 0 Å². The lowest BCUT2D eigenvalue weighted by molar-refractivity contribution is -0.140. The molecule has 2 aromatic carbocycles. The second-order valence-corrected chi connectivity index (χ2v) is 7.75. The van der Waals surface area contributed by atoms with Crippen LogP contribution in [0.5, 0.6) is 0 Å². The van der Waals surface area contributed by atoms with Gasteiger partial charge in [0.05, 0.1) is 5.41 Å². The van der Waals surface area contributed by atoms with E-state index in [2.05, 4.69) is 34.5 Å². The van der Waals surface area contributed by atoms with Crippen LogP contribution in [0.1, 0.15) is 36.8 Å². The van der Waals surface area contributed by atoms with Crippen molar-refractivity contribution < 1.29 is 9.59 Å². The molecule has 0 aromatic heterocycles. The van der Waals surface area contributed by atoms with E-state index in [9.17, 15) is 9.59 Å². The molecule has 0 saturated carbocycles. The summed E-state index contributed by atoms with van der Waals surface area (Å²) >= 11 is 0. The molecule has 2 aliphatic rings. The predicted octanol–water partition coefficient (Wildman–Crippen LogP) is 3.27. The SMILES string of the molecule is O=C1CCC(c2ccccc2)(C2CCN([11CH2]c3ccccc3)CC2)C(=O)N1. The Labute approximate surface area is 160 Å². The molecule has 0 spiro atoms. The Hall–Kier alpha value is -2.46. The summed E-state index contributed by atoms with van der Waals surface area (Å²) in [5, 5.41) is 2.63. The summed E-state index contributed by atoms with van der Waals surface area (Å²) < 4.78 is 0. The topological polar surface area (TPSA) is 49.4 Å². The van der Waals surface area contributed by atoms with E-state index in [0.717, 1.165) is 38.0 Å². The van der Waals surface area contributed by atoms with Crippen LogP contribution in [-0.4, -0.2) is 29.8 Å². The number of hydrogen-bond acceptors (Lipinski definition) is 3. The fourth-order valence-electron chi connectivity index (χ4n) is 4.79. The first-order chi connectivity index (χ1) is 13.2. The van der Waals surface area contributed by atoms with Crippen LogP contribution in [0, 0.1) is 5.92 Å². The molecule has 0 aliphatic carbocycles. The van der Waals surface area contributed by atoms with E-state index in [-0.39, 0.29) is 17.7 Å². The largest absolute Gasteiger partial charge is 0.299 e. The fraction of sp³-hybridized carbons (Fsp3) is 0.391. The van der Waals surface area contributed by atoms with Crippen LogP contribution in [0.25, 0.3) is 0 Å². The van der Waals surface area contributed by atoms with E-state index in [1.165, 1.54) is 5.56 Å². The molecule has 1 N–H and O–H groups in total. The quantitative estimate of drug-likeness (QED) is 0.851. The Bertz CT molecular complexity index is 798. The molecule has 4 rings (SSSR count). The maximum Gasteiger partial charge on any atom is 0.237 e. The highest BCUT2D eigenvalue weighted by Gasteiger charge is 2.50. The highest BCUT2D eigenvalue weighted by Crippen LogP contribution is 2.44. The monoisotopic (exact) mass is 361 g/mol. The minimum atomic E-state index is -0.575. The van der Waals surface area contributed by atoms with Crippen LogP contribution >= 0.6 is 0 Å². The van der Waals surface area contributed by atoms with Gasteiger partial charge in [-0.05, 0) is 49.4 Å². The number of rotatable bonds is 4. The van der Waals surface area contributed by atoms with Gasteiger partial charge in [-0.3, -0.25) is 19.8 Å². The van der Waals surface area contributed by atoms with Crippen LogP contribution in [0.15, 0.2) is 60.7 Å². The number of hydrogen-bond donors (Lipinski definition) is 1. The van der Waals surface area contributed by atoms with Gasteiger partial charge in [-0.2, -0.15) is 0 Å². The Morgan fingerprint density at radius 1 is 0.926 bits per heavy atom.